The third-order valence-electron chi connectivity index (χ3n) is 3.05. The second kappa shape index (κ2) is 4.61. The summed E-state index contributed by atoms with van der Waals surface area (Å²) in [4.78, 5) is 10.8. The number of nitrogens with one attached hydrogen (secondary N) is 1. The summed E-state index contributed by atoms with van der Waals surface area (Å²) in [5.41, 5.74) is 1.48. The van der Waals surface area contributed by atoms with Gasteiger partial charge in [-0.05, 0) is 24.0 Å². The van der Waals surface area contributed by atoms with E-state index in [1.807, 2.05) is 11.4 Å². The second-order valence-electron chi connectivity index (χ2n) is 4.26. The normalized spacial score (nSPS) is 23.3. The first-order chi connectivity index (χ1) is 8.39. The molecule has 0 saturated carbocycles. The van der Waals surface area contributed by atoms with Gasteiger partial charge in [0.05, 0.1) is 12.1 Å². The van der Waals surface area contributed by atoms with Crippen LogP contribution in [0.1, 0.15) is 23.7 Å². The van der Waals surface area contributed by atoms with Crippen molar-refractivity contribution in [3.63, 3.8) is 0 Å². The number of rotatable bonds is 1. The van der Waals surface area contributed by atoms with Crippen molar-refractivity contribution in [3.05, 3.63) is 35.4 Å². The summed E-state index contributed by atoms with van der Waals surface area (Å²) in [6.45, 7) is 0. The SMILES string of the molecule is O=C(NC1CCc2ccccc2C1O)C(F)(F)F. The average molecular weight is 259 g/mol. The molecule has 0 aromatic heterocycles. The molecule has 1 amide bonds. The summed E-state index contributed by atoms with van der Waals surface area (Å²) in [7, 11) is 0. The smallest absolute Gasteiger partial charge is 0.386 e. The highest BCUT2D eigenvalue weighted by atomic mass is 19.4. The summed E-state index contributed by atoms with van der Waals surface area (Å²) in [5.74, 6) is -2.01. The van der Waals surface area contributed by atoms with Crippen LogP contribution in [0, 0.1) is 0 Å². The van der Waals surface area contributed by atoms with E-state index in [1.165, 1.54) is 0 Å². The second-order valence-corrected chi connectivity index (χ2v) is 4.26. The fraction of sp³-hybridized carbons (Fsp3) is 0.417. The summed E-state index contributed by atoms with van der Waals surface area (Å²) >= 11 is 0. The zero-order valence-corrected chi connectivity index (χ0v) is 9.37. The minimum absolute atomic E-state index is 0.292. The number of carbonyl (C=O) groups is 1. The molecule has 0 bridgehead atoms. The summed E-state index contributed by atoms with van der Waals surface area (Å²) in [5, 5.41) is 11.8. The molecule has 1 aromatic rings. The van der Waals surface area contributed by atoms with E-state index in [0.29, 0.717) is 18.4 Å². The maximum atomic E-state index is 12.1. The van der Waals surface area contributed by atoms with Crippen LogP contribution in [-0.2, 0) is 11.2 Å². The van der Waals surface area contributed by atoms with Gasteiger partial charge in [-0.1, -0.05) is 24.3 Å². The molecule has 2 rings (SSSR count). The molecule has 0 spiro atoms. The number of benzene rings is 1. The third kappa shape index (κ3) is 2.48. The fourth-order valence-corrected chi connectivity index (χ4v) is 2.14. The molecule has 0 fully saturated rings. The molecule has 98 valence electrons. The van der Waals surface area contributed by atoms with Gasteiger partial charge in [0, 0.05) is 0 Å². The Hall–Kier alpha value is -1.56. The Morgan fingerprint density at radius 2 is 2.00 bits per heavy atom. The van der Waals surface area contributed by atoms with Crippen LogP contribution in [-0.4, -0.2) is 23.2 Å². The van der Waals surface area contributed by atoms with Crippen LogP contribution >= 0.6 is 0 Å². The van der Waals surface area contributed by atoms with E-state index < -0.39 is 24.2 Å². The van der Waals surface area contributed by atoms with Crippen molar-refractivity contribution < 1.29 is 23.1 Å². The first kappa shape index (κ1) is 12.9. The quantitative estimate of drug-likeness (QED) is 0.806. The van der Waals surface area contributed by atoms with Gasteiger partial charge >= 0.3 is 12.1 Å². The van der Waals surface area contributed by atoms with E-state index in [-0.39, 0.29) is 0 Å². The Kier molecular flexibility index (Phi) is 3.30. The van der Waals surface area contributed by atoms with E-state index >= 15 is 0 Å². The molecule has 0 heterocycles. The molecule has 1 aromatic carbocycles. The van der Waals surface area contributed by atoms with Gasteiger partial charge in [-0.15, -0.1) is 0 Å². The molecule has 3 nitrogen and oxygen atoms in total. The molecule has 6 heteroatoms. The Morgan fingerprint density at radius 1 is 1.33 bits per heavy atom. The maximum absolute atomic E-state index is 12.1. The summed E-state index contributed by atoms with van der Waals surface area (Å²) < 4.78 is 36.4. The standard InChI is InChI=1S/C12H12F3NO2/c13-12(14,15)11(18)16-9-6-5-7-3-1-2-4-8(7)10(9)17/h1-4,9-10,17H,5-6H2,(H,16,18). The Balaban J connectivity index is 2.13. The minimum atomic E-state index is -4.92. The van der Waals surface area contributed by atoms with Crippen LogP contribution < -0.4 is 5.32 Å². The van der Waals surface area contributed by atoms with E-state index in [9.17, 15) is 23.1 Å². The number of halogens is 3. The highest BCUT2D eigenvalue weighted by Gasteiger charge is 2.41. The molecule has 18 heavy (non-hydrogen) atoms. The van der Waals surface area contributed by atoms with Crippen molar-refractivity contribution in [2.45, 2.75) is 31.2 Å². The average Bonchev–Trinajstić information content (AvgIpc) is 2.32. The van der Waals surface area contributed by atoms with Gasteiger partial charge in [0.25, 0.3) is 0 Å². The number of amides is 1. The van der Waals surface area contributed by atoms with E-state index in [1.54, 1.807) is 18.2 Å². The lowest BCUT2D eigenvalue weighted by atomic mass is 9.86. The molecule has 1 aliphatic rings. The highest BCUT2D eigenvalue weighted by molar-refractivity contribution is 5.82. The van der Waals surface area contributed by atoms with Gasteiger partial charge in [-0.2, -0.15) is 13.2 Å². The van der Waals surface area contributed by atoms with E-state index in [0.717, 1.165) is 5.56 Å². The van der Waals surface area contributed by atoms with Crippen molar-refractivity contribution in [3.8, 4) is 0 Å². The predicted octanol–water partition coefficient (Wildman–Crippen LogP) is 1.71. The lowest BCUT2D eigenvalue weighted by Gasteiger charge is -2.30. The highest BCUT2D eigenvalue weighted by Crippen LogP contribution is 2.30. The van der Waals surface area contributed by atoms with Crippen molar-refractivity contribution in [2.75, 3.05) is 0 Å². The number of fused-ring (bicyclic) bond motifs is 1. The Labute approximate surface area is 102 Å². The van der Waals surface area contributed by atoms with Crippen LogP contribution in [0.3, 0.4) is 0 Å². The number of hydrogen-bond acceptors (Lipinski definition) is 2. The zero-order valence-electron chi connectivity index (χ0n) is 9.37. The van der Waals surface area contributed by atoms with Crippen LogP contribution in [0.4, 0.5) is 13.2 Å². The van der Waals surface area contributed by atoms with Crippen LogP contribution in [0.5, 0.6) is 0 Å². The molecular formula is C12H12F3NO2. The van der Waals surface area contributed by atoms with Crippen LogP contribution in [0.2, 0.25) is 0 Å². The predicted molar refractivity (Wildman–Crippen MR) is 57.7 cm³/mol. The van der Waals surface area contributed by atoms with Gasteiger partial charge in [0.2, 0.25) is 0 Å². The fourth-order valence-electron chi connectivity index (χ4n) is 2.14. The topological polar surface area (TPSA) is 49.3 Å². The van der Waals surface area contributed by atoms with Gasteiger partial charge in [-0.25, -0.2) is 0 Å². The number of aliphatic hydroxyl groups is 1. The Morgan fingerprint density at radius 3 is 2.67 bits per heavy atom. The monoisotopic (exact) mass is 259 g/mol. The van der Waals surface area contributed by atoms with Crippen molar-refractivity contribution in [1.82, 2.24) is 5.32 Å². The van der Waals surface area contributed by atoms with Gasteiger partial charge in [0.1, 0.15) is 0 Å². The van der Waals surface area contributed by atoms with Crippen molar-refractivity contribution >= 4 is 5.91 Å². The molecule has 2 atom stereocenters. The van der Waals surface area contributed by atoms with Crippen LogP contribution in [0.25, 0.3) is 0 Å². The van der Waals surface area contributed by atoms with Gasteiger partial charge in [0.15, 0.2) is 0 Å². The van der Waals surface area contributed by atoms with Crippen molar-refractivity contribution in [2.24, 2.45) is 0 Å². The van der Waals surface area contributed by atoms with E-state index in [4.69, 9.17) is 0 Å². The number of aryl methyl sites for hydroxylation is 1. The summed E-state index contributed by atoms with van der Waals surface area (Å²) in [6, 6.07) is 6.09. The zero-order chi connectivity index (χ0) is 13.3. The number of carbonyl (C=O) groups excluding carboxylic acids is 1. The van der Waals surface area contributed by atoms with Crippen LogP contribution in [0.15, 0.2) is 24.3 Å². The van der Waals surface area contributed by atoms with Gasteiger partial charge in [-0.3, -0.25) is 4.79 Å². The maximum Gasteiger partial charge on any atom is 0.471 e. The lowest BCUT2D eigenvalue weighted by molar-refractivity contribution is -0.175. The van der Waals surface area contributed by atoms with Gasteiger partial charge < -0.3 is 10.4 Å². The molecule has 1 aliphatic carbocycles. The molecule has 2 unspecified atom stereocenters. The molecule has 2 N–H and O–H groups in total. The first-order valence-corrected chi connectivity index (χ1v) is 5.53. The Bertz CT molecular complexity index is 459. The molecule has 0 radical (unpaired) electrons. The molecule has 0 saturated heterocycles. The minimum Gasteiger partial charge on any atom is -0.386 e. The summed E-state index contributed by atoms with van der Waals surface area (Å²) in [6.07, 6.45) is -5.19. The first-order valence-electron chi connectivity index (χ1n) is 5.53. The van der Waals surface area contributed by atoms with E-state index in [2.05, 4.69) is 0 Å². The number of aliphatic hydroxyl groups excluding tert-OH is 1. The van der Waals surface area contributed by atoms with Crippen molar-refractivity contribution in [1.29, 1.82) is 0 Å². The lowest BCUT2D eigenvalue weighted by Crippen LogP contribution is -2.47. The molecular weight excluding hydrogens is 247 g/mol. The number of alkyl halides is 3. The third-order valence-corrected chi connectivity index (χ3v) is 3.05. The molecule has 0 aliphatic heterocycles. The largest absolute Gasteiger partial charge is 0.471 e. The number of hydrogen-bond donors (Lipinski definition) is 2.